The molecule has 0 aliphatic carbocycles. The average Bonchev–Trinajstić information content (AvgIpc) is 2.04. The van der Waals surface area contributed by atoms with E-state index in [4.69, 9.17) is 3.63 Å². The summed E-state index contributed by atoms with van der Waals surface area (Å²) in [5.74, 6) is 0. The van der Waals surface area contributed by atoms with Crippen molar-refractivity contribution in [1.82, 2.24) is 0 Å². The van der Waals surface area contributed by atoms with Crippen molar-refractivity contribution in [2.24, 2.45) is 0 Å². The molecule has 0 aliphatic rings. The van der Waals surface area contributed by atoms with Crippen LogP contribution in [0.2, 0.25) is 0 Å². The van der Waals surface area contributed by atoms with Gasteiger partial charge in [-0.05, 0) is 27.7 Å². The molecule has 11 heavy (non-hydrogen) atoms. The minimum absolute atomic E-state index is 1.18. The molecule has 0 radical (unpaired) electrons. The van der Waals surface area contributed by atoms with E-state index in [9.17, 15) is 0 Å². The monoisotopic (exact) mass is 190 g/mol. The van der Waals surface area contributed by atoms with E-state index >= 15 is 0 Å². The highest BCUT2D eigenvalue weighted by molar-refractivity contribution is 8.11. The van der Waals surface area contributed by atoms with Gasteiger partial charge < -0.3 is 0 Å². The standard InChI is InChI=1S/C8H14OS2/c1-5-7(3)10-9-11-8(4)6-2/h5-6H,1-4H3. The average molecular weight is 190 g/mol. The zero-order valence-electron chi connectivity index (χ0n) is 7.38. The fraction of sp³-hybridized carbons (Fsp3) is 0.500. The van der Waals surface area contributed by atoms with Gasteiger partial charge in [0, 0.05) is 33.9 Å². The summed E-state index contributed by atoms with van der Waals surface area (Å²) in [5.41, 5.74) is 0. The van der Waals surface area contributed by atoms with Gasteiger partial charge in [-0.2, -0.15) is 0 Å². The SMILES string of the molecule is CC=C(C)SOSC(C)=CC. The molecule has 0 saturated carbocycles. The van der Waals surface area contributed by atoms with Crippen LogP contribution in [0, 0.1) is 0 Å². The van der Waals surface area contributed by atoms with Gasteiger partial charge in [-0.15, -0.1) is 0 Å². The Bertz CT molecular complexity index is 143. The molecule has 0 unspecified atom stereocenters. The normalized spacial score (nSPS) is 13.8. The maximum atomic E-state index is 5.24. The lowest BCUT2D eigenvalue weighted by atomic mass is 10.6. The van der Waals surface area contributed by atoms with E-state index in [-0.39, 0.29) is 0 Å². The quantitative estimate of drug-likeness (QED) is 0.616. The summed E-state index contributed by atoms with van der Waals surface area (Å²) in [6.45, 7) is 8.05. The zero-order valence-corrected chi connectivity index (χ0v) is 9.01. The molecule has 0 aromatic carbocycles. The van der Waals surface area contributed by atoms with Crippen LogP contribution in [0.25, 0.3) is 0 Å². The third-order valence-corrected chi connectivity index (χ3v) is 2.69. The second-order valence-corrected chi connectivity index (χ2v) is 4.20. The van der Waals surface area contributed by atoms with Crippen LogP contribution >= 0.6 is 24.1 Å². The first kappa shape index (κ1) is 11.1. The van der Waals surface area contributed by atoms with Gasteiger partial charge in [-0.25, -0.2) is 3.63 Å². The van der Waals surface area contributed by atoms with Gasteiger partial charge in [-0.3, -0.25) is 0 Å². The van der Waals surface area contributed by atoms with Crippen molar-refractivity contribution in [3.05, 3.63) is 22.0 Å². The Hall–Kier alpha value is 0.140. The van der Waals surface area contributed by atoms with E-state index in [1.165, 1.54) is 33.9 Å². The topological polar surface area (TPSA) is 9.23 Å². The highest BCUT2D eigenvalue weighted by Gasteiger charge is 1.92. The van der Waals surface area contributed by atoms with Crippen molar-refractivity contribution in [2.45, 2.75) is 27.7 Å². The largest absolute Gasteiger partial charge is 0.238 e. The second kappa shape index (κ2) is 6.83. The summed E-state index contributed by atoms with van der Waals surface area (Å²) in [5, 5.41) is 0. The smallest absolute Gasteiger partial charge is 0.0396 e. The molecule has 0 aliphatic heterocycles. The fourth-order valence-corrected chi connectivity index (χ4v) is 1.41. The van der Waals surface area contributed by atoms with E-state index in [1.54, 1.807) is 0 Å². The minimum Gasteiger partial charge on any atom is -0.238 e. The van der Waals surface area contributed by atoms with Crippen molar-refractivity contribution in [3.8, 4) is 0 Å². The van der Waals surface area contributed by atoms with Crippen molar-refractivity contribution in [2.75, 3.05) is 0 Å². The van der Waals surface area contributed by atoms with Gasteiger partial charge in [0.25, 0.3) is 0 Å². The summed E-state index contributed by atoms with van der Waals surface area (Å²) in [4.78, 5) is 2.36. The van der Waals surface area contributed by atoms with Crippen LogP contribution in [0.15, 0.2) is 22.0 Å². The highest BCUT2D eigenvalue weighted by Crippen LogP contribution is 2.27. The molecule has 0 atom stereocenters. The Labute approximate surface area is 77.7 Å². The van der Waals surface area contributed by atoms with Crippen molar-refractivity contribution in [3.63, 3.8) is 0 Å². The molecule has 1 nitrogen and oxygen atoms in total. The number of hydrogen-bond donors (Lipinski definition) is 0. The maximum absolute atomic E-state index is 5.24. The molecule has 0 aromatic rings. The lowest BCUT2D eigenvalue weighted by molar-refractivity contribution is 0.768. The maximum Gasteiger partial charge on any atom is 0.0396 e. The van der Waals surface area contributed by atoms with E-state index in [0.29, 0.717) is 0 Å². The Morgan fingerprint density at radius 2 is 1.36 bits per heavy atom. The van der Waals surface area contributed by atoms with Crippen LogP contribution in [-0.4, -0.2) is 0 Å². The van der Waals surface area contributed by atoms with Crippen LogP contribution in [-0.2, 0) is 3.63 Å². The number of allylic oxidation sites excluding steroid dienone is 4. The van der Waals surface area contributed by atoms with Crippen molar-refractivity contribution < 1.29 is 3.63 Å². The first-order valence-corrected chi connectivity index (χ1v) is 4.96. The summed E-state index contributed by atoms with van der Waals surface area (Å²) >= 11 is 2.81. The summed E-state index contributed by atoms with van der Waals surface area (Å²) in [6.07, 6.45) is 4.05. The second-order valence-electron chi connectivity index (χ2n) is 2.03. The molecular formula is C8H14OS2. The predicted molar refractivity (Wildman–Crippen MR) is 55.1 cm³/mol. The Morgan fingerprint density at radius 1 is 1.00 bits per heavy atom. The molecular weight excluding hydrogens is 176 g/mol. The third kappa shape index (κ3) is 6.53. The van der Waals surface area contributed by atoms with Gasteiger partial charge >= 0.3 is 0 Å². The molecule has 0 saturated heterocycles. The first-order valence-electron chi connectivity index (χ1n) is 3.47. The van der Waals surface area contributed by atoms with E-state index in [2.05, 4.69) is 0 Å². The summed E-state index contributed by atoms with van der Waals surface area (Å²) in [6, 6.07) is 0. The number of rotatable bonds is 4. The Balaban J connectivity index is 3.43. The predicted octanol–water partition coefficient (Wildman–Crippen LogP) is 4.15. The third-order valence-electron chi connectivity index (χ3n) is 1.14. The van der Waals surface area contributed by atoms with Gasteiger partial charge in [0.2, 0.25) is 0 Å². The fourth-order valence-electron chi connectivity index (χ4n) is 0.221. The van der Waals surface area contributed by atoms with Gasteiger partial charge in [0.05, 0.1) is 0 Å². The van der Waals surface area contributed by atoms with Crippen molar-refractivity contribution in [1.29, 1.82) is 0 Å². The van der Waals surface area contributed by atoms with Gasteiger partial charge in [0.15, 0.2) is 0 Å². The van der Waals surface area contributed by atoms with Gasteiger partial charge in [0.1, 0.15) is 0 Å². The number of hydrogen-bond acceptors (Lipinski definition) is 3. The molecule has 0 fully saturated rings. The molecule has 64 valence electrons. The zero-order chi connectivity index (χ0) is 8.69. The lowest BCUT2D eigenvalue weighted by Crippen LogP contribution is -1.69. The highest BCUT2D eigenvalue weighted by atomic mass is 32.2. The Morgan fingerprint density at radius 3 is 1.64 bits per heavy atom. The van der Waals surface area contributed by atoms with Crippen molar-refractivity contribution >= 4 is 24.1 Å². The van der Waals surface area contributed by atoms with Gasteiger partial charge in [-0.1, -0.05) is 12.2 Å². The summed E-state index contributed by atoms with van der Waals surface area (Å²) < 4.78 is 5.24. The first-order chi connectivity index (χ1) is 5.20. The van der Waals surface area contributed by atoms with E-state index < -0.39 is 0 Å². The van der Waals surface area contributed by atoms with Crippen LogP contribution in [0.3, 0.4) is 0 Å². The lowest BCUT2D eigenvalue weighted by Gasteiger charge is -1.99. The minimum atomic E-state index is 1.18. The molecule has 0 rings (SSSR count). The molecule has 0 aromatic heterocycles. The molecule has 0 amide bonds. The molecule has 3 heteroatoms. The van der Waals surface area contributed by atoms with E-state index in [0.717, 1.165) is 0 Å². The summed E-state index contributed by atoms with van der Waals surface area (Å²) in [7, 11) is 0. The van der Waals surface area contributed by atoms with Crippen LogP contribution in [0.4, 0.5) is 0 Å². The molecule has 0 heterocycles. The molecule has 0 bridgehead atoms. The van der Waals surface area contributed by atoms with Crippen LogP contribution in [0.1, 0.15) is 27.7 Å². The van der Waals surface area contributed by atoms with E-state index in [1.807, 2.05) is 39.8 Å². The molecule has 0 N–H and O–H groups in total. The Kier molecular flexibility index (Phi) is 6.91. The molecule has 0 spiro atoms. The van der Waals surface area contributed by atoms with Crippen LogP contribution < -0.4 is 0 Å². The van der Waals surface area contributed by atoms with Crippen LogP contribution in [0.5, 0.6) is 0 Å².